The quantitative estimate of drug-likeness (QED) is 0.561. The van der Waals surface area contributed by atoms with E-state index in [4.69, 9.17) is 11.6 Å². The number of nitrogens with zero attached hydrogens (tertiary/aromatic N) is 3. The van der Waals surface area contributed by atoms with Crippen LogP contribution < -0.4 is 11.1 Å². The van der Waals surface area contributed by atoms with Crippen molar-refractivity contribution in [2.45, 2.75) is 13.8 Å². The topological polar surface area (TPSA) is 80.6 Å². The van der Waals surface area contributed by atoms with Crippen LogP contribution in [0, 0.1) is 13.8 Å². The number of halogens is 1. The van der Waals surface area contributed by atoms with Gasteiger partial charge in [0.05, 0.1) is 27.8 Å². The Morgan fingerprint density at radius 3 is 2.62 bits per heavy atom. The normalized spacial score (nSPS) is 11.4. The van der Waals surface area contributed by atoms with Gasteiger partial charge in [0.15, 0.2) is 0 Å². The molecule has 1 aromatic carbocycles. The average Bonchev–Trinajstić information content (AvgIpc) is 2.70. The van der Waals surface area contributed by atoms with Gasteiger partial charge in [-0.15, -0.1) is 0 Å². The van der Waals surface area contributed by atoms with E-state index >= 15 is 0 Å². The Bertz CT molecular complexity index is 1370. The lowest BCUT2D eigenvalue weighted by atomic mass is 10.1. The van der Waals surface area contributed by atoms with Gasteiger partial charge in [-0.3, -0.25) is 19.1 Å². The first-order valence-corrected chi connectivity index (χ1v) is 9.33. The summed E-state index contributed by atoms with van der Waals surface area (Å²) in [5.41, 5.74) is 3.02. The van der Waals surface area contributed by atoms with Crippen LogP contribution in [0.5, 0.6) is 0 Å². The van der Waals surface area contributed by atoms with Gasteiger partial charge in [-0.1, -0.05) is 29.8 Å². The largest absolute Gasteiger partial charge is 0.327 e. The van der Waals surface area contributed by atoms with Crippen molar-refractivity contribution in [3.63, 3.8) is 0 Å². The molecule has 4 rings (SSSR count). The first-order valence-electron chi connectivity index (χ1n) is 8.95. The lowest BCUT2D eigenvalue weighted by molar-refractivity contribution is 0.923. The summed E-state index contributed by atoms with van der Waals surface area (Å²) in [6, 6.07) is 9.05. The van der Waals surface area contributed by atoms with Crippen molar-refractivity contribution in [2.75, 3.05) is 0 Å². The third kappa shape index (κ3) is 3.50. The van der Waals surface area contributed by atoms with Crippen molar-refractivity contribution in [3.8, 4) is 5.69 Å². The highest BCUT2D eigenvalue weighted by atomic mass is 35.5. The van der Waals surface area contributed by atoms with Crippen molar-refractivity contribution in [1.29, 1.82) is 0 Å². The molecular formula is C22H17ClN4O2. The Morgan fingerprint density at radius 1 is 1.10 bits per heavy atom. The summed E-state index contributed by atoms with van der Waals surface area (Å²) >= 11 is 5.99. The minimum atomic E-state index is -0.283. The summed E-state index contributed by atoms with van der Waals surface area (Å²) in [6.07, 6.45) is 7.78. The number of aromatic amines is 1. The third-order valence-corrected chi connectivity index (χ3v) is 4.89. The molecule has 6 nitrogen and oxygen atoms in total. The highest BCUT2D eigenvalue weighted by Crippen LogP contribution is 2.21. The maximum absolute atomic E-state index is 13.4. The molecule has 29 heavy (non-hydrogen) atoms. The Labute approximate surface area is 171 Å². The number of hydrogen-bond acceptors (Lipinski definition) is 4. The molecule has 7 heteroatoms. The molecule has 0 spiro atoms. The molecular weight excluding hydrogens is 388 g/mol. The number of H-pyrrole nitrogens is 1. The molecule has 0 aliphatic carbocycles. The lowest BCUT2D eigenvalue weighted by Crippen LogP contribution is -2.24. The van der Waals surface area contributed by atoms with E-state index in [2.05, 4.69) is 15.0 Å². The van der Waals surface area contributed by atoms with Gasteiger partial charge in [-0.05, 0) is 49.3 Å². The minimum Gasteiger partial charge on any atom is -0.327 e. The van der Waals surface area contributed by atoms with Crippen LogP contribution in [0.2, 0.25) is 5.02 Å². The number of rotatable bonds is 3. The van der Waals surface area contributed by atoms with Crippen molar-refractivity contribution < 1.29 is 0 Å². The molecule has 1 N–H and O–H groups in total. The Balaban J connectivity index is 2.03. The number of hydrogen-bond donors (Lipinski definition) is 1. The molecule has 0 radical (unpaired) electrons. The highest BCUT2D eigenvalue weighted by molar-refractivity contribution is 6.30. The van der Waals surface area contributed by atoms with E-state index in [-0.39, 0.29) is 11.1 Å². The molecule has 0 fully saturated rings. The highest BCUT2D eigenvalue weighted by Gasteiger charge is 2.14. The van der Waals surface area contributed by atoms with E-state index in [1.807, 2.05) is 32.0 Å². The Kier molecular flexibility index (Phi) is 4.86. The summed E-state index contributed by atoms with van der Waals surface area (Å²) in [4.78, 5) is 36.7. The van der Waals surface area contributed by atoms with E-state index in [0.717, 1.165) is 16.8 Å². The first kappa shape index (κ1) is 18.8. The lowest BCUT2D eigenvalue weighted by Gasteiger charge is -2.16. The van der Waals surface area contributed by atoms with Gasteiger partial charge in [0.2, 0.25) is 0 Å². The Morgan fingerprint density at radius 2 is 1.86 bits per heavy atom. The summed E-state index contributed by atoms with van der Waals surface area (Å²) in [5.74, 6) is 0.396. The maximum Gasteiger partial charge on any atom is 0.266 e. The first-order chi connectivity index (χ1) is 14.0. The third-order valence-electron chi connectivity index (χ3n) is 4.67. The number of aryl methyl sites for hydroxylation is 2. The second-order valence-electron chi connectivity index (χ2n) is 6.68. The van der Waals surface area contributed by atoms with Gasteiger partial charge in [-0.2, -0.15) is 0 Å². The summed E-state index contributed by atoms with van der Waals surface area (Å²) in [5, 5.41) is 0.882. The minimum absolute atomic E-state index is 0.200. The summed E-state index contributed by atoms with van der Waals surface area (Å²) in [7, 11) is 0. The molecule has 0 atom stereocenters. The number of fused-ring (bicyclic) bond motifs is 1. The fourth-order valence-corrected chi connectivity index (χ4v) is 3.47. The monoisotopic (exact) mass is 404 g/mol. The molecule has 144 valence electrons. The van der Waals surface area contributed by atoms with Gasteiger partial charge in [0, 0.05) is 18.0 Å². The zero-order chi connectivity index (χ0) is 20.5. The molecule has 3 heterocycles. The van der Waals surface area contributed by atoms with Gasteiger partial charge in [0.25, 0.3) is 11.1 Å². The van der Waals surface area contributed by atoms with Crippen molar-refractivity contribution >= 4 is 34.7 Å². The fourth-order valence-electron chi connectivity index (χ4n) is 3.30. The molecule has 0 saturated heterocycles. The van der Waals surface area contributed by atoms with Crippen molar-refractivity contribution in [3.05, 3.63) is 97.2 Å². The standard InChI is InChI=1S/C22H17ClN4O2/c1-13-4-3-5-14(2)20(13)27-19(7-6-15-10-16(23)11-25-21(15)28)26-18-12-24-9-8-17(18)22(27)29/h3-12H,1-2H3,(H,25,28). The van der Waals surface area contributed by atoms with Crippen LogP contribution in [-0.2, 0) is 0 Å². The number of nitrogens with one attached hydrogen (secondary N) is 1. The molecule has 0 unspecified atom stereocenters. The molecule has 0 saturated carbocycles. The van der Waals surface area contributed by atoms with Crippen LogP contribution in [0.15, 0.2) is 58.5 Å². The number of aromatic nitrogens is 4. The fraction of sp³-hybridized carbons (Fsp3) is 0.0909. The second-order valence-corrected chi connectivity index (χ2v) is 7.12. The smallest absolute Gasteiger partial charge is 0.266 e. The molecule has 0 aliphatic rings. The second kappa shape index (κ2) is 7.48. The summed E-state index contributed by atoms with van der Waals surface area (Å²) in [6.45, 7) is 3.89. The predicted octanol–water partition coefficient (Wildman–Crippen LogP) is 3.91. The molecule has 0 aliphatic heterocycles. The van der Waals surface area contributed by atoms with Gasteiger partial charge < -0.3 is 4.98 Å². The van der Waals surface area contributed by atoms with Gasteiger partial charge in [0.1, 0.15) is 5.82 Å². The van der Waals surface area contributed by atoms with Crippen LogP contribution in [-0.4, -0.2) is 19.5 Å². The number of benzene rings is 1. The number of pyridine rings is 2. The van der Waals surface area contributed by atoms with E-state index < -0.39 is 0 Å². The van der Waals surface area contributed by atoms with E-state index in [9.17, 15) is 9.59 Å². The molecule has 4 aromatic rings. The molecule has 3 aromatic heterocycles. The van der Waals surface area contributed by atoms with Gasteiger partial charge in [-0.25, -0.2) is 4.98 Å². The van der Waals surface area contributed by atoms with E-state index in [1.165, 1.54) is 6.20 Å². The Hall–Kier alpha value is -3.51. The predicted molar refractivity (Wildman–Crippen MR) is 116 cm³/mol. The van der Waals surface area contributed by atoms with Crippen molar-refractivity contribution in [2.24, 2.45) is 0 Å². The molecule has 0 amide bonds. The zero-order valence-electron chi connectivity index (χ0n) is 15.8. The maximum atomic E-state index is 13.4. The van der Waals surface area contributed by atoms with Crippen LogP contribution in [0.3, 0.4) is 0 Å². The molecule has 0 bridgehead atoms. The average molecular weight is 405 g/mol. The zero-order valence-corrected chi connectivity index (χ0v) is 16.6. The summed E-state index contributed by atoms with van der Waals surface area (Å²) < 4.78 is 1.57. The van der Waals surface area contributed by atoms with Crippen LogP contribution in [0.4, 0.5) is 0 Å². The number of para-hydroxylation sites is 1. The van der Waals surface area contributed by atoms with Gasteiger partial charge >= 0.3 is 0 Å². The van der Waals surface area contributed by atoms with Crippen molar-refractivity contribution in [1.82, 2.24) is 19.5 Å². The van der Waals surface area contributed by atoms with Crippen LogP contribution in [0.1, 0.15) is 22.5 Å². The van der Waals surface area contributed by atoms with E-state index in [1.54, 1.807) is 41.2 Å². The van der Waals surface area contributed by atoms with Crippen LogP contribution in [0.25, 0.3) is 28.7 Å². The SMILES string of the molecule is Cc1cccc(C)c1-n1c(C=Cc2cc(Cl)c[nH]c2=O)nc2cnccc2c1=O. The van der Waals surface area contributed by atoms with E-state index in [0.29, 0.717) is 27.3 Å². The van der Waals surface area contributed by atoms with Crippen LogP contribution >= 0.6 is 11.6 Å².